The number of thiophene rings is 1. The van der Waals surface area contributed by atoms with Gasteiger partial charge in [0, 0.05) is 24.8 Å². The molecule has 1 saturated heterocycles. The maximum absolute atomic E-state index is 12.1. The van der Waals surface area contributed by atoms with E-state index in [1.807, 2.05) is 19.9 Å². The summed E-state index contributed by atoms with van der Waals surface area (Å²) in [5, 5.41) is 4.52. The topological polar surface area (TPSA) is 67.3 Å². The lowest BCUT2D eigenvalue weighted by Gasteiger charge is -2.19. The van der Waals surface area contributed by atoms with Crippen molar-refractivity contribution in [1.29, 1.82) is 0 Å². The zero-order chi connectivity index (χ0) is 19.0. The number of hydrogen-bond donors (Lipinski definition) is 1. The summed E-state index contributed by atoms with van der Waals surface area (Å²) in [5.74, 6) is 1.18. The van der Waals surface area contributed by atoms with Crippen LogP contribution in [0.3, 0.4) is 0 Å². The molecule has 0 aliphatic carbocycles. The van der Waals surface area contributed by atoms with Crippen molar-refractivity contribution in [3.63, 3.8) is 0 Å². The largest absolute Gasteiger partial charge is 0.465 e. The third-order valence-corrected chi connectivity index (χ3v) is 6.09. The molecule has 140 valence electrons. The van der Waals surface area contributed by atoms with E-state index in [1.165, 1.54) is 24.1 Å². The Hall–Kier alpha value is -2.67. The van der Waals surface area contributed by atoms with Gasteiger partial charge < -0.3 is 15.0 Å². The molecule has 1 aliphatic rings. The molecule has 4 rings (SSSR count). The van der Waals surface area contributed by atoms with E-state index in [0.29, 0.717) is 16.7 Å². The Morgan fingerprint density at radius 1 is 1.26 bits per heavy atom. The first-order chi connectivity index (χ1) is 13.1. The number of benzene rings is 1. The van der Waals surface area contributed by atoms with Gasteiger partial charge in [-0.1, -0.05) is 18.2 Å². The molecule has 0 bridgehead atoms. The standard InChI is InChI=1S/C20H22N4O2S/c1-12-16-18(21-13(2)22-19(16)27-17(12)20(25)26-3)23-14-9-10-24(11-14)15-7-5-4-6-8-15/h4-8,14H,9-11H2,1-3H3,(H,21,22,23). The lowest BCUT2D eigenvalue weighted by Crippen LogP contribution is -2.26. The molecule has 0 amide bonds. The molecular weight excluding hydrogens is 360 g/mol. The number of aryl methyl sites for hydroxylation is 2. The number of fused-ring (bicyclic) bond motifs is 1. The maximum atomic E-state index is 12.1. The second-order valence-electron chi connectivity index (χ2n) is 6.76. The number of esters is 1. The van der Waals surface area contributed by atoms with Gasteiger partial charge in [0.05, 0.1) is 12.5 Å². The fourth-order valence-electron chi connectivity index (χ4n) is 3.58. The molecule has 2 aromatic heterocycles. The molecule has 1 aromatic carbocycles. The van der Waals surface area contributed by atoms with Crippen LogP contribution in [0.2, 0.25) is 0 Å². The van der Waals surface area contributed by atoms with Crippen LogP contribution < -0.4 is 10.2 Å². The van der Waals surface area contributed by atoms with Crippen LogP contribution in [0.1, 0.15) is 27.5 Å². The molecule has 0 radical (unpaired) electrons. The van der Waals surface area contributed by atoms with Gasteiger partial charge in [0.25, 0.3) is 0 Å². The van der Waals surface area contributed by atoms with Crippen molar-refractivity contribution in [2.45, 2.75) is 26.3 Å². The highest BCUT2D eigenvalue weighted by Crippen LogP contribution is 2.35. The van der Waals surface area contributed by atoms with Crippen LogP contribution in [0, 0.1) is 13.8 Å². The van der Waals surface area contributed by atoms with Gasteiger partial charge >= 0.3 is 5.97 Å². The smallest absolute Gasteiger partial charge is 0.348 e. The van der Waals surface area contributed by atoms with Crippen molar-refractivity contribution < 1.29 is 9.53 Å². The van der Waals surface area contributed by atoms with E-state index in [1.54, 1.807) is 0 Å². The van der Waals surface area contributed by atoms with Gasteiger partial charge in [0.2, 0.25) is 0 Å². The van der Waals surface area contributed by atoms with Gasteiger partial charge in [-0.05, 0) is 38.0 Å². The molecule has 1 N–H and O–H groups in total. The van der Waals surface area contributed by atoms with Crippen LogP contribution in [0.4, 0.5) is 11.5 Å². The number of carbonyl (C=O) groups excluding carboxylic acids is 1. The van der Waals surface area contributed by atoms with E-state index >= 15 is 0 Å². The minimum atomic E-state index is -0.324. The molecule has 0 spiro atoms. The number of carbonyl (C=O) groups is 1. The first kappa shape index (κ1) is 17.7. The fourth-order valence-corrected chi connectivity index (χ4v) is 4.73. The monoisotopic (exact) mass is 382 g/mol. The minimum absolute atomic E-state index is 0.295. The predicted octanol–water partition coefficient (Wildman–Crippen LogP) is 3.79. The molecule has 1 fully saturated rings. The zero-order valence-electron chi connectivity index (χ0n) is 15.7. The number of ether oxygens (including phenoxy) is 1. The van der Waals surface area contributed by atoms with Crippen molar-refractivity contribution in [3.8, 4) is 0 Å². The molecule has 27 heavy (non-hydrogen) atoms. The summed E-state index contributed by atoms with van der Waals surface area (Å²) in [4.78, 5) is 25.0. The molecule has 0 saturated carbocycles. The average Bonchev–Trinajstić information content (AvgIpc) is 3.26. The van der Waals surface area contributed by atoms with Gasteiger partial charge in [0.15, 0.2) is 0 Å². The number of para-hydroxylation sites is 1. The summed E-state index contributed by atoms with van der Waals surface area (Å²) in [6, 6.07) is 10.7. The third kappa shape index (κ3) is 3.35. The van der Waals surface area contributed by atoms with Gasteiger partial charge in [-0.2, -0.15) is 0 Å². The molecular formula is C20H22N4O2S. The van der Waals surface area contributed by atoms with E-state index < -0.39 is 0 Å². The van der Waals surface area contributed by atoms with Crippen LogP contribution in [0.25, 0.3) is 10.2 Å². The maximum Gasteiger partial charge on any atom is 0.348 e. The quantitative estimate of drug-likeness (QED) is 0.693. The summed E-state index contributed by atoms with van der Waals surface area (Å²) >= 11 is 1.36. The Kier molecular flexibility index (Phi) is 4.70. The fraction of sp³-hybridized carbons (Fsp3) is 0.350. The Morgan fingerprint density at radius 3 is 2.78 bits per heavy atom. The number of anilines is 2. The van der Waals surface area contributed by atoms with E-state index in [-0.39, 0.29) is 5.97 Å². The number of rotatable bonds is 4. The number of methoxy groups -OCH3 is 1. The first-order valence-corrected chi connectivity index (χ1v) is 9.81. The van der Waals surface area contributed by atoms with Crippen molar-refractivity contribution in [2.75, 3.05) is 30.4 Å². The second kappa shape index (κ2) is 7.15. The summed E-state index contributed by atoms with van der Waals surface area (Å²) < 4.78 is 4.91. The Balaban J connectivity index is 1.62. The van der Waals surface area contributed by atoms with E-state index in [9.17, 15) is 4.79 Å². The second-order valence-corrected chi connectivity index (χ2v) is 7.76. The molecule has 3 heterocycles. The van der Waals surface area contributed by atoms with E-state index in [0.717, 1.165) is 41.1 Å². The molecule has 7 heteroatoms. The number of aromatic nitrogens is 2. The molecule has 6 nitrogen and oxygen atoms in total. The SMILES string of the molecule is COC(=O)c1sc2nc(C)nc(NC3CCN(c4ccccc4)C3)c2c1C. The Bertz CT molecular complexity index is 987. The molecule has 1 aliphatic heterocycles. The van der Waals surface area contributed by atoms with Crippen molar-refractivity contribution in [2.24, 2.45) is 0 Å². The van der Waals surface area contributed by atoms with Crippen LogP contribution in [0.5, 0.6) is 0 Å². The summed E-state index contributed by atoms with van der Waals surface area (Å²) in [7, 11) is 1.40. The van der Waals surface area contributed by atoms with Crippen molar-refractivity contribution in [1.82, 2.24) is 9.97 Å². The highest BCUT2D eigenvalue weighted by Gasteiger charge is 2.26. The Labute approximate surface area is 162 Å². The minimum Gasteiger partial charge on any atom is -0.465 e. The summed E-state index contributed by atoms with van der Waals surface area (Å²) in [5.41, 5.74) is 2.12. The lowest BCUT2D eigenvalue weighted by atomic mass is 10.2. The number of nitrogens with zero attached hydrogens (tertiary/aromatic N) is 3. The third-order valence-electron chi connectivity index (χ3n) is 4.92. The van der Waals surface area contributed by atoms with E-state index in [4.69, 9.17) is 4.74 Å². The molecule has 1 atom stereocenters. The predicted molar refractivity (Wildman–Crippen MR) is 109 cm³/mol. The normalized spacial score (nSPS) is 16.7. The summed E-state index contributed by atoms with van der Waals surface area (Å²) in [6.07, 6.45) is 1.03. The molecule has 1 unspecified atom stereocenters. The first-order valence-electron chi connectivity index (χ1n) is 8.99. The highest BCUT2D eigenvalue weighted by atomic mass is 32.1. The number of nitrogens with one attached hydrogen (secondary N) is 1. The molecule has 3 aromatic rings. The van der Waals surface area contributed by atoms with Crippen LogP contribution in [-0.4, -0.2) is 42.2 Å². The van der Waals surface area contributed by atoms with Crippen LogP contribution >= 0.6 is 11.3 Å². The van der Waals surface area contributed by atoms with Gasteiger partial charge in [-0.3, -0.25) is 0 Å². The van der Waals surface area contributed by atoms with Gasteiger partial charge in [0.1, 0.15) is 21.3 Å². The van der Waals surface area contributed by atoms with Crippen LogP contribution in [-0.2, 0) is 4.74 Å². The lowest BCUT2D eigenvalue weighted by molar-refractivity contribution is 0.0605. The van der Waals surface area contributed by atoms with E-state index in [2.05, 4.69) is 44.5 Å². The summed E-state index contributed by atoms with van der Waals surface area (Å²) in [6.45, 7) is 5.73. The van der Waals surface area contributed by atoms with Gasteiger partial charge in [-0.25, -0.2) is 14.8 Å². The highest BCUT2D eigenvalue weighted by molar-refractivity contribution is 7.20. The average molecular weight is 382 g/mol. The zero-order valence-corrected chi connectivity index (χ0v) is 16.5. The van der Waals surface area contributed by atoms with Gasteiger partial charge in [-0.15, -0.1) is 11.3 Å². The van der Waals surface area contributed by atoms with Crippen LogP contribution in [0.15, 0.2) is 30.3 Å². The van der Waals surface area contributed by atoms with Crippen molar-refractivity contribution >= 4 is 39.0 Å². The van der Waals surface area contributed by atoms with Crippen molar-refractivity contribution in [3.05, 3.63) is 46.6 Å². The Morgan fingerprint density at radius 2 is 2.04 bits per heavy atom. The number of hydrogen-bond acceptors (Lipinski definition) is 7.